The number of ketones is 1. The van der Waals surface area contributed by atoms with Gasteiger partial charge in [-0.05, 0) is 91.4 Å². The van der Waals surface area contributed by atoms with Crippen LogP contribution in [0.4, 0.5) is 5.69 Å². The molecular weight excluding hydrogens is 358 g/mol. The minimum absolute atomic E-state index is 0.175. The van der Waals surface area contributed by atoms with Crippen molar-refractivity contribution in [3.8, 4) is 0 Å². The molecule has 1 heterocycles. The van der Waals surface area contributed by atoms with Gasteiger partial charge in [-0.25, -0.2) is 0 Å². The van der Waals surface area contributed by atoms with Crippen LogP contribution >= 0.6 is 0 Å². The summed E-state index contributed by atoms with van der Waals surface area (Å²) in [6.07, 6.45) is 10.5. The zero-order valence-corrected chi connectivity index (χ0v) is 18.0. The van der Waals surface area contributed by atoms with Crippen LogP contribution < -0.4 is 4.90 Å². The summed E-state index contributed by atoms with van der Waals surface area (Å²) in [5, 5.41) is 0. The lowest BCUT2D eigenvalue weighted by Gasteiger charge is -2.58. The lowest BCUT2D eigenvalue weighted by Crippen LogP contribution is -2.53. The zero-order valence-electron chi connectivity index (χ0n) is 18.0. The molecule has 7 atom stereocenters. The third-order valence-corrected chi connectivity index (χ3v) is 9.45. The fourth-order valence-corrected chi connectivity index (χ4v) is 8.04. The van der Waals surface area contributed by atoms with Crippen molar-refractivity contribution in [2.75, 3.05) is 19.0 Å². The van der Waals surface area contributed by atoms with Crippen LogP contribution in [-0.2, 0) is 9.53 Å². The van der Waals surface area contributed by atoms with Crippen LogP contribution in [0.15, 0.2) is 35.9 Å². The summed E-state index contributed by atoms with van der Waals surface area (Å²) in [5.41, 5.74) is 4.55. The summed E-state index contributed by atoms with van der Waals surface area (Å²) in [6, 6.07) is 9.30. The topological polar surface area (TPSA) is 32.8 Å². The number of epoxide rings is 1. The van der Waals surface area contributed by atoms with E-state index < -0.39 is 0 Å². The lowest BCUT2D eigenvalue weighted by molar-refractivity contribution is -0.117. The predicted octanol–water partition coefficient (Wildman–Crippen LogP) is 5.11. The third-order valence-electron chi connectivity index (χ3n) is 9.45. The van der Waals surface area contributed by atoms with Gasteiger partial charge in [-0.3, -0.25) is 4.79 Å². The Morgan fingerprint density at radius 3 is 2.59 bits per heavy atom. The molecule has 7 unspecified atom stereocenters. The number of hydrogen-bond acceptors (Lipinski definition) is 3. The first-order chi connectivity index (χ1) is 13.9. The first-order valence-corrected chi connectivity index (χ1v) is 11.6. The maximum atomic E-state index is 12.2. The van der Waals surface area contributed by atoms with E-state index in [0.717, 1.165) is 31.1 Å². The molecule has 154 valence electrons. The third kappa shape index (κ3) is 2.43. The number of ether oxygens (including phenoxy) is 1. The van der Waals surface area contributed by atoms with Gasteiger partial charge in [0.2, 0.25) is 0 Å². The van der Waals surface area contributed by atoms with Crippen molar-refractivity contribution in [3.05, 3.63) is 41.5 Å². The van der Waals surface area contributed by atoms with Crippen molar-refractivity contribution in [1.29, 1.82) is 0 Å². The molecule has 29 heavy (non-hydrogen) atoms. The predicted molar refractivity (Wildman–Crippen MR) is 115 cm³/mol. The van der Waals surface area contributed by atoms with Gasteiger partial charge in [0, 0.05) is 26.2 Å². The molecule has 0 bridgehead atoms. The van der Waals surface area contributed by atoms with Gasteiger partial charge in [0.1, 0.15) is 0 Å². The SMILES string of the molecule is CN(C)c1ccc(C2CC34OC3CCC4C3CCC4=CC(=O)CCC4(C)C23)cc1. The van der Waals surface area contributed by atoms with E-state index in [9.17, 15) is 4.79 Å². The Kier molecular flexibility index (Phi) is 3.74. The van der Waals surface area contributed by atoms with Crippen molar-refractivity contribution in [1.82, 2.24) is 0 Å². The lowest BCUT2D eigenvalue weighted by atomic mass is 9.46. The van der Waals surface area contributed by atoms with E-state index in [1.165, 1.54) is 42.5 Å². The smallest absolute Gasteiger partial charge is 0.155 e. The number of benzene rings is 1. The summed E-state index contributed by atoms with van der Waals surface area (Å²) in [5.74, 6) is 3.01. The fraction of sp³-hybridized carbons (Fsp3) is 0.654. The number of carbonyl (C=O) groups is 1. The Morgan fingerprint density at radius 1 is 1.07 bits per heavy atom. The first-order valence-electron chi connectivity index (χ1n) is 11.6. The molecule has 3 heteroatoms. The highest BCUT2D eigenvalue weighted by Gasteiger charge is 2.72. The van der Waals surface area contributed by atoms with Crippen LogP contribution in [0.2, 0.25) is 0 Å². The average molecular weight is 392 g/mol. The molecule has 1 aromatic rings. The highest BCUT2D eigenvalue weighted by atomic mass is 16.6. The molecule has 0 amide bonds. The average Bonchev–Trinajstić information content (AvgIpc) is 3.28. The van der Waals surface area contributed by atoms with E-state index in [0.29, 0.717) is 23.7 Å². The largest absolute Gasteiger partial charge is 0.378 e. The molecule has 0 N–H and O–H groups in total. The van der Waals surface area contributed by atoms with Gasteiger partial charge in [-0.1, -0.05) is 24.6 Å². The monoisotopic (exact) mass is 391 g/mol. The number of carbonyl (C=O) groups excluding carboxylic acids is 1. The molecule has 0 aromatic heterocycles. The van der Waals surface area contributed by atoms with Gasteiger partial charge in [0.15, 0.2) is 5.78 Å². The number of anilines is 1. The molecule has 1 aromatic carbocycles. The number of allylic oxidation sites excluding steroid dienone is 1. The van der Waals surface area contributed by atoms with Crippen LogP contribution in [0, 0.1) is 23.2 Å². The number of nitrogens with zero attached hydrogens (tertiary/aromatic N) is 1. The quantitative estimate of drug-likeness (QED) is 0.657. The van der Waals surface area contributed by atoms with Crippen LogP contribution in [0.1, 0.15) is 63.4 Å². The molecule has 1 spiro atoms. The molecule has 3 nitrogen and oxygen atoms in total. The van der Waals surface area contributed by atoms with E-state index in [2.05, 4.69) is 50.2 Å². The summed E-state index contributed by atoms with van der Waals surface area (Å²) < 4.78 is 6.42. The van der Waals surface area contributed by atoms with E-state index in [-0.39, 0.29) is 11.0 Å². The highest BCUT2D eigenvalue weighted by Crippen LogP contribution is 2.71. The molecular formula is C26H33NO2. The second kappa shape index (κ2) is 5.97. The normalized spacial score (nSPS) is 44.9. The molecule has 0 radical (unpaired) electrons. The number of fused-ring (bicyclic) bond motifs is 4. The van der Waals surface area contributed by atoms with E-state index in [4.69, 9.17) is 4.74 Å². The van der Waals surface area contributed by atoms with Crippen molar-refractivity contribution < 1.29 is 9.53 Å². The first kappa shape index (κ1) is 18.2. The summed E-state index contributed by atoms with van der Waals surface area (Å²) >= 11 is 0. The fourth-order valence-electron chi connectivity index (χ4n) is 8.04. The Morgan fingerprint density at radius 2 is 1.86 bits per heavy atom. The zero-order chi connectivity index (χ0) is 20.0. The van der Waals surface area contributed by atoms with Crippen LogP contribution in [-0.4, -0.2) is 31.6 Å². The van der Waals surface area contributed by atoms with Crippen molar-refractivity contribution in [3.63, 3.8) is 0 Å². The maximum absolute atomic E-state index is 12.2. The molecule has 4 fully saturated rings. The standard InChI is InChI=1S/C26H33NO2/c1-25-13-12-19(28)14-17(25)6-9-20-22-10-11-23-26(22,29-23)15-21(24(20)25)16-4-7-18(8-5-16)27(2)3/h4-5,7-8,14,20-24H,6,9-13,15H2,1-3H3. The molecule has 1 saturated heterocycles. The van der Waals surface area contributed by atoms with Crippen LogP contribution in [0.25, 0.3) is 0 Å². The van der Waals surface area contributed by atoms with Gasteiger partial charge in [0.05, 0.1) is 11.7 Å². The number of rotatable bonds is 2. The van der Waals surface area contributed by atoms with Crippen molar-refractivity contribution in [2.24, 2.45) is 23.2 Å². The van der Waals surface area contributed by atoms with Gasteiger partial charge < -0.3 is 9.64 Å². The highest BCUT2D eigenvalue weighted by molar-refractivity contribution is 5.91. The van der Waals surface area contributed by atoms with Gasteiger partial charge in [0.25, 0.3) is 0 Å². The Labute approximate surface area is 174 Å². The van der Waals surface area contributed by atoms with E-state index in [1.807, 2.05) is 6.08 Å². The second-order valence-corrected chi connectivity index (χ2v) is 10.8. The minimum Gasteiger partial charge on any atom is -0.378 e. The molecule has 1 aliphatic heterocycles. The van der Waals surface area contributed by atoms with Crippen LogP contribution in [0.5, 0.6) is 0 Å². The Hall–Kier alpha value is -1.61. The second-order valence-electron chi connectivity index (χ2n) is 10.8. The molecule has 5 aliphatic rings. The Bertz CT molecular complexity index is 886. The van der Waals surface area contributed by atoms with Crippen LogP contribution in [0.3, 0.4) is 0 Å². The van der Waals surface area contributed by atoms with E-state index >= 15 is 0 Å². The summed E-state index contributed by atoms with van der Waals surface area (Å²) in [4.78, 5) is 14.4. The van der Waals surface area contributed by atoms with Crippen molar-refractivity contribution in [2.45, 2.75) is 69.5 Å². The van der Waals surface area contributed by atoms with E-state index in [1.54, 1.807) is 0 Å². The maximum Gasteiger partial charge on any atom is 0.155 e. The molecule has 4 aliphatic carbocycles. The van der Waals surface area contributed by atoms with Gasteiger partial charge >= 0.3 is 0 Å². The summed E-state index contributed by atoms with van der Waals surface area (Å²) in [6.45, 7) is 2.49. The minimum atomic E-state index is 0.175. The number of hydrogen-bond donors (Lipinski definition) is 0. The summed E-state index contributed by atoms with van der Waals surface area (Å²) in [7, 11) is 4.21. The van der Waals surface area contributed by atoms with Crippen molar-refractivity contribution >= 4 is 11.5 Å². The van der Waals surface area contributed by atoms with Gasteiger partial charge in [-0.2, -0.15) is 0 Å². The Balaban J connectivity index is 1.45. The molecule has 6 rings (SSSR count). The molecule has 3 saturated carbocycles. The van der Waals surface area contributed by atoms with Gasteiger partial charge in [-0.15, -0.1) is 0 Å².